The first-order valence-corrected chi connectivity index (χ1v) is 8.49. The maximum atomic E-state index is 13.1. The first-order valence-electron chi connectivity index (χ1n) is 8.49. The molecule has 2 N–H and O–H groups in total. The van der Waals surface area contributed by atoms with Gasteiger partial charge in [-0.1, -0.05) is 30.3 Å². The van der Waals surface area contributed by atoms with Gasteiger partial charge >= 0.3 is 5.97 Å². The summed E-state index contributed by atoms with van der Waals surface area (Å²) in [5.74, 6) is -0.660. The molecule has 0 aromatic heterocycles. The Bertz CT molecular complexity index is 752. The van der Waals surface area contributed by atoms with Crippen molar-refractivity contribution in [2.75, 3.05) is 25.1 Å². The Hall–Kier alpha value is -2.86. The number of aliphatic carboxylic acids is 1. The Morgan fingerprint density at radius 3 is 2.31 bits per heavy atom. The summed E-state index contributed by atoms with van der Waals surface area (Å²) < 4.78 is 10.6. The molecule has 6 heteroatoms. The fraction of sp³-hybridized carbons (Fsp3) is 0.300. The molecular weight excluding hydrogens is 334 g/mol. The number of hydrogen-bond donors (Lipinski definition) is 2. The summed E-state index contributed by atoms with van der Waals surface area (Å²) >= 11 is 0. The molecule has 26 heavy (non-hydrogen) atoms. The zero-order chi connectivity index (χ0) is 18.4. The van der Waals surface area contributed by atoms with Crippen molar-refractivity contribution in [1.82, 2.24) is 0 Å². The van der Waals surface area contributed by atoms with E-state index in [1.165, 1.54) is 0 Å². The predicted octanol–water partition coefficient (Wildman–Crippen LogP) is 2.84. The van der Waals surface area contributed by atoms with Crippen LogP contribution in [0.2, 0.25) is 0 Å². The molecule has 1 aliphatic rings. The van der Waals surface area contributed by atoms with Crippen LogP contribution in [0.25, 0.3) is 0 Å². The average molecular weight is 355 g/mol. The van der Waals surface area contributed by atoms with Gasteiger partial charge in [0.25, 0.3) is 0 Å². The summed E-state index contributed by atoms with van der Waals surface area (Å²) in [5, 5.41) is 11.6. The third-order valence-electron chi connectivity index (χ3n) is 4.58. The lowest BCUT2D eigenvalue weighted by Crippen LogP contribution is -2.44. The first-order chi connectivity index (χ1) is 12.6. The number of hydrogen-bond acceptors (Lipinski definition) is 4. The molecular formula is C20H21NO5. The quantitative estimate of drug-likeness (QED) is 0.832. The van der Waals surface area contributed by atoms with Crippen molar-refractivity contribution in [1.29, 1.82) is 0 Å². The van der Waals surface area contributed by atoms with Gasteiger partial charge in [-0.25, -0.2) is 4.79 Å². The molecule has 0 aliphatic carbocycles. The summed E-state index contributed by atoms with van der Waals surface area (Å²) in [5.41, 5.74) is 1.01. The van der Waals surface area contributed by atoms with E-state index in [0.29, 0.717) is 37.5 Å². The number of carboxylic acid groups (broad SMARTS) is 1. The van der Waals surface area contributed by atoms with Crippen LogP contribution in [0.15, 0.2) is 54.6 Å². The maximum Gasteiger partial charge on any atom is 0.341 e. The Morgan fingerprint density at radius 1 is 1.04 bits per heavy atom. The summed E-state index contributed by atoms with van der Waals surface area (Å²) in [6.07, 6.45) is 1.26. The smallest absolute Gasteiger partial charge is 0.341 e. The molecule has 1 saturated heterocycles. The molecule has 2 aromatic carbocycles. The molecule has 6 nitrogen and oxygen atoms in total. The lowest BCUT2D eigenvalue weighted by Gasteiger charge is -2.36. The first kappa shape index (κ1) is 17.9. The van der Waals surface area contributed by atoms with Crippen LogP contribution in [0.1, 0.15) is 18.4 Å². The average Bonchev–Trinajstić information content (AvgIpc) is 2.68. The van der Waals surface area contributed by atoms with Gasteiger partial charge < -0.3 is 19.9 Å². The second-order valence-electron chi connectivity index (χ2n) is 6.22. The molecule has 0 spiro atoms. The van der Waals surface area contributed by atoms with Gasteiger partial charge in [0.15, 0.2) is 6.61 Å². The van der Waals surface area contributed by atoms with Crippen molar-refractivity contribution in [3.63, 3.8) is 0 Å². The minimum Gasteiger partial charge on any atom is -0.482 e. The number of nitrogens with one attached hydrogen (secondary N) is 1. The topological polar surface area (TPSA) is 84.9 Å². The largest absolute Gasteiger partial charge is 0.482 e. The molecule has 0 bridgehead atoms. The predicted molar refractivity (Wildman–Crippen MR) is 96.4 cm³/mol. The van der Waals surface area contributed by atoms with Crippen molar-refractivity contribution in [3.8, 4) is 5.75 Å². The lowest BCUT2D eigenvalue weighted by atomic mass is 9.73. The standard InChI is InChI=1S/C20H21NO5/c22-18(23)14-26-17-8-6-16(7-9-17)21-19(24)20(10-12-25-13-11-20)15-4-2-1-3-5-15/h1-9H,10-14H2,(H,21,24)(H,22,23). The molecule has 1 aliphatic heterocycles. The summed E-state index contributed by atoms with van der Waals surface area (Å²) in [6, 6.07) is 16.4. The minimum absolute atomic E-state index is 0.0637. The molecule has 2 aromatic rings. The fourth-order valence-electron chi connectivity index (χ4n) is 3.15. The molecule has 0 saturated carbocycles. The number of carboxylic acids is 1. The van der Waals surface area contributed by atoms with Gasteiger partial charge in [-0.15, -0.1) is 0 Å². The van der Waals surface area contributed by atoms with E-state index in [9.17, 15) is 9.59 Å². The molecule has 1 fully saturated rings. The fourth-order valence-corrected chi connectivity index (χ4v) is 3.15. The summed E-state index contributed by atoms with van der Waals surface area (Å²) in [6.45, 7) is 0.692. The second-order valence-corrected chi connectivity index (χ2v) is 6.22. The van der Waals surface area contributed by atoms with Crippen LogP contribution in [0.4, 0.5) is 5.69 Å². The van der Waals surface area contributed by atoms with E-state index in [-0.39, 0.29) is 5.91 Å². The highest BCUT2D eigenvalue weighted by atomic mass is 16.5. The molecule has 3 rings (SSSR count). The summed E-state index contributed by atoms with van der Waals surface area (Å²) in [7, 11) is 0. The third-order valence-corrected chi connectivity index (χ3v) is 4.58. The molecule has 1 heterocycles. The Labute approximate surface area is 151 Å². The van der Waals surface area contributed by atoms with Gasteiger partial charge in [0.2, 0.25) is 5.91 Å². The zero-order valence-corrected chi connectivity index (χ0v) is 14.3. The lowest BCUT2D eigenvalue weighted by molar-refractivity contribution is -0.139. The van der Waals surface area contributed by atoms with E-state index < -0.39 is 18.0 Å². The Morgan fingerprint density at radius 2 is 1.69 bits per heavy atom. The highest BCUT2D eigenvalue weighted by Crippen LogP contribution is 2.36. The van der Waals surface area contributed by atoms with Crippen molar-refractivity contribution < 1.29 is 24.2 Å². The maximum absolute atomic E-state index is 13.1. The summed E-state index contributed by atoms with van der Waals surface area (Å²) in [4.78, 5) is 23.7. The highest BCUT2D eigenvalue weighted by molar-refractivity contribution is 5.99. The number of carbonyl (C=O) groups is 2. The van der Waals surface area contributed by atoms with Crippen molar-refractivity contribution >= 4 is 17.6 Å². The van der Waals surface area contributed by atoms with Crippen LogP contribution in [0.3, 0.4) is 0 Å². The number of carbonyl (C=O) groups excluding carboxylic acids is 1. The van der Waals surface area contributed by atoms with Crippen LogP contribution in [-0.2, 0) is 19.7 Å². The highest BCUT2D eigenvalue weighted by Gasteiger charge is 2.41. The van der Waals surface area contributed by atoms with Crippen LogP contribution < -0.4 is 10.1 Å². The van der Waals surface area contributed by atoms with Gasteiger partial charge in [-0.05, 0) is 42.7 Å². The number of anilines is 1. The SMILES string of the molecule is O=C(O)COc1ccc(NC(=O)C2(c3ccccc3)CCOCC2)cc1. The Balaban J connectivity index is 1.75. The molecule has 1 amide bonds. The Kier molecular flexibility index (Phi) is 5.53. The van der Waals surface area contributed by atoms with Crippen molar-refractivity contribution in [2.24, 2.45) is 0 Å². The molecule has 0 atom stereocenters. The second kappa shape index (κ2) is 8.01. The number of rotatable bonds is 6. The number of ether oxygens (including phenoxy) is 2. The zero-order valence-electron chi connectivity index (χ0n) is 14.3. The minimum atomic E-state index is -1.04. The van der Waals surface area contributed by atoms with E-state index in [1.54, 1.807) is 24.3 Å². The van der Waals surface area contributed by atoms with Crippen molar-refractivity contribution in [3.05, 3.63) is 60.2 Å². The van der Waals surface area contributed by atoms with Gasteiger partial charge in [0, 0.05) is 18.9 Å². The normalized spacial score (nSPS) is 15.8. The monoisotopic (exact) mass is 355 g/mol. The third kappa shape index (κ3) is 4.03. The van der Waals surface area contributed by atoms with E-state index in [2.05, 4.69) is 5.32 Å². The van der Waals surface area contributed by atoms with Gasteiger partial charge in [0.05, 0.1) is 5.41 Å². The van der Waals surface area contributed by atoms with Crippen LogP contribution >= 0.6 is 0 Å². The van der Waals surface area contributed by atoms with E-state index in [0.717, 1.165) is 5.56 Å². The van der Waals surface area contributed by atoms with Crippen LogP contribution in [0.5, 0.6) is 5.75 Å². The molecule has 0 radical (unpaired) electrons. The van der Waals surface area contributed by atoms with Gasteiger partial charge in [-0.2, -0.15) is 0 Å². The van der Waals surface area contributed by atoms with E-state index >= 15 is 0 Å². The van der Waals surface area contributed by atoms with Crippen LogP contribution in [-0.4, -0.2) is 36.8 Å². The molecule has 0 unspecified atom stereocenters. The molecule has 136 valence electrons. The van der Waals surface area contributed by atoms with Gasteiger partial charge in [0.1, 0.15) is 5.75 Å². The van der Waals surface area contributed by atoms with Crippen molar-refractivity contribution in [2.45, 2.75) is 18.3 Å². The number of benzene rings is 2. The van der Waals surface area contributed by atoms with E-state index in [1.807, 2.05) is 30.3 Å². The van der Waals surface area contributed by atoms with Crippen LogP contribution in [0, 0.1) is 0 Å². The number of amides is 1. The van der Waals surface area contributed by atoms with Gasteiger partial charge in [-0.3, -0.25) is 4.79 Å². The van der Waals surface area contributed by atoms with E-state index in [4.69, 9.17) is 14.6 Å².